The molecule has 0 aliphatic rings. The van der Waals surface area contributed by atoms with Gasteiger partial charge in [-0.1, -0.05) is 6.07 Å². The lowest BCUT2D eigenvalue weighted by Crippen LogP contribution is -2.28. The summed E-state index contributed by atoms with van der Waals surface area (Å²) in [5.74, 6) is -2.31. The molecule has 16 heteroatoms. The van der Waals surface area contributed by atoms with Gasteiger partial charge in [0.2, 0.25) is 11.8 Å². The number of rotatable bonds is 6. The van der Waals surface area contributed by atoms with Crippen LogP contribution < -0.4 is 10.6 Å². The Labute approximate surface area is 197 Å². The Morgan fingerprint density at radius 1 is 0.750 bits per heavy atom. The van der Waals surface area contributed by atoms with E-state index in [0.29, 0.717) is 24.5 Å². The Hall–Kier alpha value is -3.30. The Bertz CT molecular complexity index is 1270. The number of sulfone groups is 1. The van der Waals surface area contributed by atoms with E-state index in [-0.39, 0.29) is 17.7 Å². The molecule has 2 aromatic rings. The van der Waals surface area contributed by atoms with E-state index in [2.05, 4.69) is 5.32 Å². The summed E-state index contributed by atoms with van der Waals surface area (Å²) in [7, 11) is -4.23. The van der Waals surface area contributed by atoms with Crippen molar-refractivity contribution < 1.29 is 57.5 Å². The highest BCUT2D eigenvalue weighted by atomic mass is 32.2. The number of benzene rings is 2. The molecule has 0 bridgehead atoms. The fraction of sp³-hybridized carbons (Fsp3) is 0.300. The molecule has 0 aromatic heterocycles. The molecule has 0 unspecified atom stereocenters. The number of hydrogen-bond acceptors (Lipinski definition) is 4. The van der Waals surface area contributed by atoms with Gasteiger partial charge in [-0.05, 0) is 35.9 Å². The summed E-state index contributed by atoms with van der Waals surface area (Å²) < 4.78 is 140. The molecule has 0 atom stereocenters. The largest absolute Gasteiger partial charge is 0.417 e. The van der Waals surface area contributed by atoms with Gasteiger partial charge >= 0.3 is 18.5 Å². The Kier molecular flexibility index (Phi) is 8.03. The number of anilines is 1. The summed E-state index contributed by atoms with van der Waals surface area (Å²) >= 11 is 0. The molecular formula is C20H15F9N2O4S. The summed E-state index contributed by atoms with van der Waals surface area (Å²) in [6.45, 7) is -0.572. The van der Waals surface area contributed by atoms with Crippen LogP contribution in [-0.2, 0) is 44.5 Å². The van der Waals surface area contributed by atoms with Crippen molar-refractivity contribution in [3.8, 4) is 0 Å². The second-order valence-corrected chi connectivity index (χ2v) is 9.34. The second kappa shape index (κ2) is 9.99. The number of carbonyl (C=O) groups is 2. The topological polar surface area (TPSA) is 92.3 Å². The molecule has 0 spiro atoms. The highest BCUT2D eigenvalue weighted by Crippen LogP contribution is 2.41. The van der Waals surface area contributed by atoms with E-state index in [4.69, 9.17) is 0 Å². The third-order valence-corrected chi connectivity index (χ3v) is 5.63. The van der Waals surface area contributed by atoms with Crippen molar-refractivity contribution >= 4 is 27.3 Å². The Morgan fingerprint density at radius 3 is 1.81 bits per heavy atom. The van der Waals surface area contributed by atoms with Gasteiger partial charge in [-0.15, -0.1) is 0 Å². The van der Waals surface area contributed by atoms with Crippen LogP contribution in [0.2, 0.25) is 0 Å². The highest BCUT2D eigenvalue weighted by molar-refractivity contribution is 7.90. The van der Waals surface area contributed by atoms with Gasteiger partial charge in [-0.25, -0.2) is 8.42 Å². The number of amides is 2. The van der Waals surface area contributed by atoms with E-state index in [1.807, 2.05) is 5.32 Å². The summed E-state index contributed by atoms with van der Waals surface area (Å²) in [4.78, 5) is 22.9. The van der Waals surface area contributed by atoms with Crippen LogP contribution in [0.15, 0.2) is 41.3 Å². The molecule has 2 N–H and O–H groups in total. The van der Waals surface area contributed by atoms with Crippen molar-refractivity contribution in [2.24, 2.45) is 0 Å². The molecule has 0 saturated carbocycles. The zero-order chi connectivity index (χ0) is 27.7. The molecule has 198 valence electrons. The van der Waals surface area contributed by atoms with Crippen molar-refractivity contribution in [2.45, 2.75) is 36.4 Å². The average Bonchev–Trinajstić information content (AvgIpc) is 2.69. The molecule has 6 nitrogen and oxygen atoms in total. The van der Waals surface area contributed by atoms with Gasteiger partial charge < -0.3 is 10.6 Å². The summed E-state index contributed by atoms with van der Waals surface area (Å²) in [6.07, 6.45) is -16.2. The number of nitrogens with one attached hydrogen (secondary N) is 2. The highest BCUT2D eigenvalue weighted by Gasteiger charge is 2.43. The fourth-order valence-electron chi connectivity index (χ4n) is 2.95. The maximum Gasteiger partial charge on any atom is 0.417 e. The van der Waals surface area contributed by atoms with Crippen LogP contribution in [0.1, 0.15) is 28.7 Å². The van der Waals surface area contributed by atoms with Crippen LogP contribution in [0.4, 0.5) is 45.2 Å². The van der Waals surface area contributed by atoms with Gasteiger partial charge in [0.15, 0.2) is 9.84 Å². The van der Waals surface area contributed by atoms with E-state index in [0.717, 1.165) is 6.07 Å². The van der Waals surface area contributed by atoms with Crippen LogP contribution in [0.3, 0.4) is 0 Å². The van der Waals surface area contributed by atoms with E-state index in [1.54, 1.807) is 0 Å². The van der Waals surface area contributed by atoms with Gasteiger partial charge in [0, 0.05) is 18.5 Å². The summed E-state index contributed by atoms with van der Waals surface area (Å²) in [6, 6.07) is 2.87. The van der Waals surface area contributed by atoms with Crippen LogP contribution in [0.25, 0.3) is 0 Å². The van der Waals surface area contributed by atoms with E-state index in [1.165, 1.54) is 0 Å². The molecule has 0 fully saturated rings. The van der Waals surface area contributed by atoms with Crippen LogP contribution in [0.5, 0.6) is 0 Å². The van der Waals surface area contributed by atoms with Crippen LogP contribution in [-0.4, -0.2) is 26.5 Å². The molecule has 0 radical (unpaired) electrons. The van der Waals surface area contributed by atoms with Crippen molar-refractivity contribution in [3.05, 3.63) is 58.7 Å². The monoisotopic (exact) mass is 550 g/mol. The maximum absolute atomic E-state index is 13.2. The van der Waals surface area contributed by atoms with Crippen molar-refractivity contribution in [1.29, 1.82) is 0 Å². The minimum absolute atomic E-state index is 0.0423. The SMILES string of the molecule is CS(=O)(=O)c1ccc(CNC(=O)CC(=O)Nc2ccc(C(F)(F)F)c(C(F)(F)F)c2)cc1C(F)(F)F. The third kappa shape index (κ3) is 7.60. The Morgan fingerprint density at radius 2 is 1.31 bits per heavy atom. The first-order valence-corrected chi connectivity index (χ1v) is 11.3. The molecule has 0 heterocycles. The quantitative estimate of drug-likeness (QED) is 0.400. The molecule has 0 aliphatic carbocycles. The fourth-order valence-corrected chi connectivity index (χ4v) is 3.84. The lowest BCUT2D eigenvalue weighted by atomic mass is 10.1. The van der Waals surface area contributed by atoms with E-state index < -0.39 is 80.4 Å². The van der Waals surface area contributed by atoms with Crippen LogP contribution >= 0.6 is 0 Å². The van der Waals surface area contributed by atoms with Gasteiger partial charge in [-0.2, -0.15) is 39.5 Å². The predicted molar refractivity (Wildman–Crippen MR) is 106 cm³/mol. The van der Waals surface area contributed by atoms with Gasteiger partial charge in [-0.3, -0.25) is 9.59 Å². The molecule has 0 aliphatic heterocycles. The number of carbonyl (C=O) groups excluding carboxylic acids is 2. The molecule has 0 saturated heterocycles. The first-order chi connectivity index (χ1) is 16.2. The van der Waals surface area contributed by atoms with Gasteiger partial charge in [0.05, 0.1) is 21.6 Å². The molecule has 2 aromatic carbocycles. The van der Waals surface area contributed by atoms with E-state index >= 15 is 0 Å². The lowest BCUT2D eigenvalue weighted by molar-refractivity contribution is -0.162. The van der Waals surface area contributed by atoms with Gasteiger partial charge in [0.1, 0.15) is 6.42 Å². The van der Waals surface area contributed by atoms with Crippen molar-refractivity contribution in [2.75, 3.05) is 11.6 Å². The molecule has 36 heavy (non-hydrogen) atoms. The molecule has 2 rings (SSSR count). The van der Waals surface area contributed by atoms with Crippen molar-refractivity contribution in [3.63, 3.8) is 0 Å². The first kappa shape index (κ1) is 28.9. The number of alkyl halides is 9. The smallest absolute Gasteiger partial charge is 0.352 e. The molecular weight excluding hydrogens is 535 g/mol. The van der Waals surface area contributed by atoms with Crippen molar-refractivity contribution in [1.82, 2.24) is 5.32 Å². The zero-order valence-corrected chi connectivity index (χ0v) is 18.6. The molecule has 2 amide bonds. The number of halogens is 9. The first-order valence-electron chi connectivity index (χ1n) is 9.45. The lowest BCUT2D eigenvalue weighted by Gasteiger charge is -2.17. The minimum atomic E-state index is -5.40. The van der Waals surface area contributed by atoms with E-state index in [9.17, 15) is 57.5 Å². The normalized spacial score (nSPS) is 12.8. The minimum Gasteiger partial charge on any atom is -0.352 e. The standard InChI is InChI=1S/C20H15F9N2O4S/c1-36(34,35)15-5-2-10(6-14(15)20(27,28)29)9-30-16(32)8-17(33)31-11-3-4-12(18(21,22)23)13(7-11)19(24,25)26/h2-7H,8-9H2,1H3,(H,30,32)(H,31,33). The summed E-state index contributed by atoms with van der Waals surface area (Å²) in [5, 5.41) is 3.90. The average molecular weight is 550 g/mol. The van der Waals surface area contributed by atoms with Crippen LogP contribution in [0, 0.1) is 0 Å². The second-order valence-electron chi connectivity index (χ2n) is 7.36. The third-order valence-electron chi connectivity index (χ3n) is 4.47. The predicted octanol–water partition coefficient (Wildman–Crippen LogP) is 4.79. The Balaban J connectivity index is 2.10. The van der Waals surface area contributed by atoms with Gasteiger partial charge in [0.25, 0.3) is 0 Å². The number of hydrogen-bond donors (Lipinski definition) is 2. The summed E-state index contributed by atoms with van der Waals surface area (Å²) in [5.41, 5.74) is -6.38. The maximum atomic E-state index is 13.2. The zero-order valence-electron chi connectivity index (χ0n) is 17.8.